The van der Waals surface area contributed by atoms with Crippen LogP contribution in [0.1, 0.15) is 60.1 Å². The van der Waals surface area contributed by atoms with Crippen molar-refractivity contribution in [1.29, 1.82) is 0 Å². The van der Waals surface area contributed by atoms with Gasteiger partial charge >= 0.3 is 0 Å². The van der Waals surface area contributed by atoms with Gasteiger partial charge in [0.25, 0.3) is 0 Å². The van der Waals surface area contributed by atoms with Gasteiger partial charge in [-0.2, -0.15) is 0 Å². The zero-order valence-electron chi connectivity index (χ0n) is 20.0. The van der Waals surface area contributed by atoms with Crippen molar-refractivity contribution in [3.05, 3.63) is 33.8 Å². The van der Waals surface area contributed by atoms with Gasteiger partial charge < -0.3 is 51.1 Å². The maximum absolute atomic E-state index is 8.56. The van der Waals surface area contributed by atoms with Crippen molar-refractivity contribution in [2.45, 2.75) is 78.8 Å². The number of amidine groups is 1. The van der Waals surface area contributed by atoms with Gasteiger partial charge in [-0.15, -0.1) is 5.34 Å². The number of nitrogens with zero attached hydrogens (tertiary/aromatic N) is 5. The van der Waals surface area contributed by atoms with E-state index in [1.54, 1.807) is 27.7 Å². The van der Waals surface area contributed by atoms with Crippen LogP contribution in [-0.4, -0.2) is 68.9 Å². The Kier molecular flexibility index (Phi) is 22.2. The van der Waals surface area contributed by atoms with Crippen molar-refractivity contribution < 1.29 is 37.2 Å². The van der Waals surface area contributed by atoms with E-state index in [4.69, 9.17) is 36.3 Å². The molecule has 0 spiro atoms. The fraction of sp³-hybridized carbons (Fsp3) is 0.700. The Morgan fingerprint density at radius 1 is 1.15 bits per heavy atom. The Hall–Kier alpha value is -2.03. The molecule has 1 aliphatic rings. The summed E-state index contributed by atoms with van der Waals surface area (Å²) >= 11 is 0. The Morgan fingerprint density at radius 2 is 1.58 bits per heavy atom. The molecule has 0 saturated heterocycles. The number of anilines is 1. The molecule has 2 heterocycles. The van der Waals surface area contributed by atoms with Crippen LogP contribution < -0.4 is 15.6 Å². The molecule has 4 unspecified atom stereocenters. The molecule has 4 atom stereocenters. The van der Waals surface area contributed by atoms with E-state index < -0.39 is 0 Å². The van der Waals surface area contributed by atoms with Crippen LogP contribution >= 0.6 is 0 Å². The minimum absolute atomic E-state index is 0. The molecule has 1 aromatic rings. The van der Waals surface area contributed by atoms with Crippen LogP contribution in [0.3, 0.4) is 0 Å². The fourth-order valence-electron chi connectivity index (χ4n) is 2.40. The number of imidazole rings is 1. The van der Waals surface area contributed by atoms with Crippen molar-refractivity contribution in [3.63, 3.8) is 0 Å². The number of nitrogens with two attached hydrogens (primary N) is 1. The number of rotatable bonds is 6. The van der Waals surface area contributed by atoms with Crippen LogP contribution in [0, 0.1) is 10.1 Å². The standard InChI is InChI=1S/C10H14N5.2C5H12O2.Co.HNO2/c1-7(2)3-4-15-6-14-9(11)8-10(15)13-5-12-8;2*1-4(6)3-5(2)7;;2-1-3/h3,5H,4,6H2,1-2H3,(H2-,11,12,13,14);2*4-7H,3H2,1-2H3;;(H,2,3)/q-1;;;;/p-1. The molecule has 1 aromatic heterocycles. The van der Waals surface area contributed by atoms with Gasteiger partial charge in [0.05, 0.1) is 24.4 Å². The summed E-state index contributed by atoms with van der Waals surface area (Å²) in [7, 11) is 0. The molecule has 0 fully saturated rings. The molecule has 0 aromatic carbocycles. The molecule has 12 nitrogen and oxygen atoms in total. The number of aliphatic hydroxyl groups is 4. The van der Waals surface area contributed by atoms with Crippen molar-refractivity contribution in [2.75, 3.05) is 18.1 Å². The largest absolute Gasteiger partial charge is 0.444 e. The van der Waals surface area contributed by atoms with Gasteiger partial charge in [-0.1, -0.05) is 18.0 Å². The summed E-state index contributed by atoms with van der Waals surface area (Å²) in [5.41, 5.74) is 7.69. The fourth-order valence-corrected chi connectivity index (χ4v) is 2.40. The number of hydrogen-bond donors (Lipinski definition) is 5. The van der Waals surface area contributed by atoms with E-state index in [1.807, 2.05) is 4.90 Å². The Morgan fingerprint density at radius 3 is 1.91 bits per heavy atom. The molecular formula is C20H38CoN6O6-2. The number of aromatic nitrogens is 2. The second kappa shape index (κ2) is 20.6. The number of hydrogen-bond acceptors (Lipinski definition) is 11. The summed E-state index contributed by atoms with van der Waals surface area (Å²) in [5, 5.41) is 43.3. The topological polar surface area (TPSA) is 202 Å². The first-order valence-corrected chi connectivity index (χ1v) is 10.2. The van der Waals surface area contributed by atoms with Crippen molar-refractivity contribution in [2.24, 2.45) is 16.1 Å². The van der Waals surface area contributed by atoms with Crippen molar-refractivity contribution >= 4 is 11.7 Å². The number of allylic oxidation sites excluding steroid dienone is 1. The third-order valence-electron chi connectivity index (χ3n) is 3.62. The molecule has 6 N–H and O–H groups in total. The Balaban J connectivity index is -0.000000425. The van der Waals surface area contributed by atoms with E-state index in [9.17, 15) is 0 Å². The van der Waals surface area contributed by atoms with E-state index in [1.165, 1.54) is 11.9 Å². The normalized spacial score (nSPS) is 15.0. The first-order chi connectivity index (χ1) is 14.8. The second-order valence-electron chi connectivity index (χ2n) is 7.68. The average Bonchev–Trinajstić information content (AvgIpc) is 3.11. The molecule has 195 valence electrons. The zero-order chi connectivity index (χ0) is 25.3. The smallest absolute Gasteiger partial charge is 0.125 e. The summed E-state index contributed by atoms with van der Waals surface area (Å²) in [6.07, 6.45) is 3.10. The van der Waals surface area contributed by atoms with Crippen LogP contribution in [0.5, 0.6) is 0 Å². The molecule has 1 radical (unpaired) electrons. The quantitative estimate of drug-likeness (QED) is 0.206. The summed E-state index contributed by atoms with van der Waals surface area (Å²) in [4.78, 5) is 22.5. The second-order valence-corrected chi connectivity index (χ2v) is 7.68. The summed E-state index contributed by atoms with van der Waals surface area (Å²) in [5.74, 6) is 1.32. The monoisotopic (exact) mass is 517 g/mol. The average molecular weight is 517 g/mol. The van der Waals surface area contributed by atoms with E-state index >= 15 is 0 Å². The summed E-state index contributed by atoms with van der Waals surface area (Å²) in [6.45, 7) is 12.1. The summed E-state index contributed by atoms with van der Waals surface area (Å²) < 4.78 is 0. The molecule has 2 rings (SSSR count). The predicted molar refractivity (Wildman–Crippen MR) is 125 cm³/mol. The Labute approximate surface area is 205 Å². The first-order valence-electron chi connectivity index (χ1n) is 10.2. The third kappa shape index (κ3) is 20.3. The van der Waals surface area contributed by atoms with Gasteiger partial charge in [0, 0.05) is 34.8 Å². The maximum atomic E-state index is 8.56. The van der Waals surface area contributed by atoms with Crippen LogP contribution in [-0.2, 0) is 16.8 Å². The van der Waals surface area contributed by atoms with Crippen LogP contribution in [0.15, 0.2) is 28.3 Å². The van der Waals surface area contributed by atoms with Gasteiger partial charge in [0.1, 0.15) is 12.5 Å². The number of aliphatic hydroxyl groups excluding tert-OH is 4. The summed E-state index contributed by atoms with van der Waals surface area (Å²) in [6, 6.07) is 0. The number of fused-ring (bicyclic) bond motifs is 1. The molecule has 0 saturated carbocycles. The SMILES string of the molecule is CC(C)=CCN1CN=C(N)c2[n-]cnc21.CC(O)CC(C)O.CC(O)CC(C)O.O=N[O-].[Co]. The van der Waals surface area contributed by atoms with E-state index in [0.29, 0.717) is 31.0 Å². The predicted octanol–water partition coefficient (Wildman–Crippen LogP) is 1.01. The minimum atomic E-state index is -0.375. The van der Waals surface area contributed by atoms with Gasteiger partial charge in [-0.05, 0) is 54.4 Å². The van der Waals surface area contributed by atoms with Crippen LogP contribution in [0.4, 0.5) is 5.82 Å². The van der Waals surface area contributed by atoms with Gasteiger partial charge in [0.15, 0.2) is 0 Å². The molecule has 33 heavy (non-hydrogen) atoms. The number of aliphatic imine (C=N–C) groups is 1. The maximum Gasteiger partial charge on any atom is 0.125 e. The van der Waals surface area contributed by atoms with E-state index in [0.717, 1.165) is 17.7 Å². The molecule has 0 amide bonds. The zero-order valence-corrected chi connectivity index (χ0v) is 21.1. The molecule has 0 aliphatic carbocycles. The van der Waals surface area contributed by atoms with E-state index in [-0.39, 0.29) is 41.2 Å². The Bertz CT molecular complexity index is 650. The first kappa shape index (κ1) is 35.6. The van der Waals surface area contributed by atoms with Gasteiger partial charge in [0.2, 0.25) is 0 Å². The molecule has 0 bridgehead atoms. The van der Waals surface area contributed by atoms with Gasteiger partial charge in [-0.3, -0.25) is 0 Å². The van der Waals surface area contributed by atoms with Crippen molar-refractivity contribution in [1.82, 2.24) is 9.97 Å². The van der Waals surface area contributed by atoms with Crippen LogP contribution in [0.2, 0.25) is 0 Å². The molecular weight excluding hydrogens is 479 g/mol. The third-order valence-corrected chi connectivity index (χ3v) is 3.62. The van der Waals surface area contributed by atoms with Crippen molar-refractivity contribution in [3.8, 4) is 0 Å². The molecule has 13 heteroatoms. The van der Waals surface area contributed by atoms with E-state index in [2.05, 4.69) is 34.9 Å². The molecule has 1 aliphatic heterocycles. The van der Waals surface area contributed by atoms with Crippen LogP contribution in [0.25, 0.3) is 0 Å². The van der Waals surface area contributed by atoms with Gasteiger partial charge in [-0.25, -0.2) is 4.99 Å². The minimum Gasteiger partial charge on any atom is -0.444 e.